The lowest BCUT2D eigenvalue weighted by atomic mass is 10.3. The number of nitrogens with one attached hydrogen (secondary N) is 1. The van der Waals surface area contributed by atoms with Gasteiger partial charge >= 0.3 is 0 Å². The first-order valence-corrected chi connectivity index (χ1v) is 4.44. The summed E-state index contributed by atoms with van der Waals surface area (Å²) >= 11 is 0. The highest BCUT2D eigenvalue weighted by molar-refractivity contribution is 5.34. The minimum atomic E-state index is 0.818. The fraction of sp³-hybridized carbons (Fsp3) is 0.364. The number of pyridine rings is 1. The fourth-order valence-corrected chi connectivity index (χ4v) is 1.05. The highest BCUT2D eigenvalue weighted by Gasteiger charge is 1.91. The van der Waals surface area contributed by atoms with Crippen molar-refractivity contribution in [1.82, 2.24) is 4.98 Å². The van der Waals surface area contributed by atoms with E-state index in [1.807, 2.05) is 25.1 Å². The van der Waals surface area contributed by atoms with Gasteiger partial charge in [0.2, 0.25) is 0 Å². The zero-order valence-corrected chi connectivity index (χ0v) is 7.88. The van der Waals surface area contributed by atoms with Gasteiger partial charge in [-0.05, 0) is 25.5 Å². The van der Waals surface area contributed by atoms with Crippen LogP contribution in [0.3, 0.4) is 0 Å². The molecule has 0 aliphatic carbocycles. The molecule has 0 saturated carbocycles. The van der Waals surface area contributed by atoms with Crippen molar-refractivity contribution in [3.8, 4) is 12.3 Å². The van der Waals surface area contributed by atoms with Crippen LogP contribution >= 0.6 is 0 Å². The number of aromatic nitrogens is 1. The highest BCUT2D eigenvalue weighted by Crippen LogP contribution is 2.03. The average Bonchev–Trinajstić information content (AvgIpc) is 2.13. The summed E-state index contributed by atoms with van der Waals surface area (Å²) in [5.41, 5.74) is 1.03. The summed E-state index contributed by atoms with van der Waals surface area (Å²) in [4.78, 5) is 4.31. The molecule has 0 unspecified atom stereocenters. The van der Waals surface area contributed by atoms with Crippen LogP contribution in [0.4, 0.5) is 5.82 Å². The Bertz CT molecular complexity index is 299. The van der Waals surface area contributed by atoms with E-state index in [4.69, 9.17) is 6.42 Å². The van der Waals surface area contributed by atoms with E-state index in [9.17, 15) is 0 Å². The van der Waals surface area contributed by atoms with E-state index in [2.05, 4.69) is 16.2 Å². The number of nitrogens with zero attached hydrogens (tertiary/aromatic N) is 1. The van der Waals surface area contributed by atoms with Crippen LogP contribution in [-0.2, 0) is 0 Å². The van der Waals surface area contributed by atoms with Gasteiger partial charge in [-0.2, -0.15) is 0 Å². The average molecular weight is 174 g/mol. The summed E-state index contributed by atoms with van der Waals surface area (Å²) in [7, 11) is 0. The van der Waals surface area contributed by atoms with Gasteiger partial charge in [-0.3, -0.25) is 0 Å². The molecule has 1 heterocycles. The zero-order valence-electron chi connectivity index (χ0n) is 7.88. The third kappa shape index (κ3) is 3.62. The third-order valence-electron chi connectivity index (χ3n) is 1.69. The maximum Gasteiger partial charge on any atom is 0.126 e. The molecule has 1 aromatic heterocycles. The molecule has 0 spiro atoms. The fourth-order valence-electron chi connectivity index (χ4n) is 1.05. The van der Waals surface area contributed by atoms with Crippen molar-refractivity contribution in [1.29, 1.82) is 0 Å². The molecular formula is C11H14N2. The van der Waals surface area contributed by atoms with Crippen LogP contribution in [-0.4, -0.2) is 11.5 Å². The van der Waals surface area contributed by atoms with Crippen molar-refractivity contribution < 1.29 is 0 Å². The minimum absolute atomic E-state index is 0.818. The quantitative estimate of drug-likeness (QED) is 0.559. The van der Waals surface area contributed by atoms with Crippen LogP contribution in [0.1, 0.15) is 18.5 Å². The van der Waals surface area contributed by atoms with E-state index >= 15 is 0 Å². The molecule has 0 atom stereocenters. The van der Waals surface area contributed by atoms with Gasteiger partial charge in [0.25, 0.3) is 0 Å². The summed E-state index contributed by atoms with van der Waals surface area (Å²) in [6.07, 6.45) is 6.95. The molecule has 68 valence electrons. The van der Waals surface area contributed by atoms with Gasteiger partial charge < -0.3 is 5.32 Å². The second kappa shape index (κ2) is 5.21. The Labute approximate surface area is 79.4 Å². The van der Waals surface area contributed by atoms with Gasteiger partial charge in [0, 0.05) is 18.7 Å². The normalized spacial score (nSPS) is 9.23. The first-order valence-electron chi connectivity index (χ1n) is 4.44. The molecule has 0 aromatic carbocycles. The number of unbranched alkanes of at least 4 members (excludes halogenated alkanes) is 1. The lowest BCUT2D eigenvalue weighted by molar-refractivity contribution is 0.900. The van der Waals surface area contributed by atoms with E-state index < -0.39 is 0 Å². The van der Waals surface area contributed by atoms with Crippen LogP contribution < -0.4 is 5.32 Å². The van der Waals surface area contributed by atoms with E-state index in [1.54, 1.807) is 0 Å². The largest absolute Gasteiger partial charge is 0.370 e. The monoisotopic (exact) mass is 174 g/mol. The second-order valence-electron chi connectivity index (χ2n) is 2.90. The van der Waals surface area contributed by atoms with Crippen molar-refractivity contribution in [2.75, 3.05) is 11.9 Å². The maximum absolute atomic E-state index is 5.14. The number of hydrogen-bond acceptors (Lipinski definition) is 2. The Kier molecular flexibility index (Phi) is 3.84. The predicted molar refractivity (Wildman–Crippen MR) is 55.5 cm³/mol. The standard InChI is InChI=1S/C11H14N2/c1-3-4-5-9-12-11-8-6-7-10(2)13-11/h1,6-8H,4-5,9H2,2H3,(H,12,13). The van der Waals surface area contributed by atoms with Gasteiger partial charge in [-0.1, -0.05) is 6.07 Å². The van der Waals surface area contributed by atoms with Crippen molar-refractivity contribution in [3.63, 3.8) is 0 Å². The Morgan fingerprint density at radius 3 is 3.08 bits per heavy atom. The van der Waals surface area contributed by atoms with Crippen LogP contribution in [0.25, 0.3) is 0 Å². The zero-order chi connectivity index (χ0) is 9.52. The van der Waals surface area contributed by atoms with Crippen LogP contribution in [0.15, 0.2) is 18.2 Å². The molecule has 1 aromatic rings. The summed E-state index contributed by atoms with van der Waals surface area (Å²) in [6.45, 7) is 2.87. The molecule has 1 rings (SSSR count). The molecule has 0 aliphatic heterocycles. The molecule has 13 heavy (non-hydrogen) atoms. The Morgan fingerprint density at radius 2 is 2.38 bits per heavy atom. The SMILES string of the molecule is C#CCCCNc1cccc(C)n1. The van der Waals surface area contributed by atoms with Crippen LogP contribution in [0.2, 0.25) is 0 Å². The molecular weight excluding hydrogens is 160 g/mol. The highest BCUT2D eigenvalue weighted by atomic mass is 15.0. The number of anilines is 1. The van der Waals surface area contributed by atoms with Gasteiger partial charge in [-0.15, -0.1) is 12.3 Å². The topological polar surface area (TPSA) is 24.9 Å². The summed E-state index contributed by atoms with van der Waals surface area (Å²) in [5.74, 6) is 3.53. The summed E-state index contributed by atoms with van der Waals surface area (Å²) in [6, 6.07) is 5.93. The van der Waals surface area contributed by atoms with Crippen molar-refractivity contribution in [2.45, 2.75) is 19.8 Å². The summed E-state index contributed by atoms with van der Waals surface area (Å²) in [5, 5.41) is 3.21. The smallest absolute Gasteiger partial charge is 0.126 e. The minimum Gasteiger partial charge on any atom is -0.370 e. The van der Waals surface area contributed by atoms with Gasteiger partial charge in [-0.25, -0.2) is 4.98 Å². The lowest BCUT2D eigenvalue weighted by Crippen LogP contribution is -2.03. The van der Waals surface area contributed by atoms with Gasteiger partial charge in [0.1, 0.15) is 5.82 Å². The Balaban J connectivity index is 2.33. The van der Waals surface area contributed by atoms with Gasteiger partial charge in [0.05, 0.1) is 0 Å². The number of terminal acetylenes is 1. The molecule has 0 fully saturated rings. The predicted octanol–water partition coefficient (Wildman–Crippen LogP) is 2.22. The van der Waals surface area contributed by atoms with Crippen LogP contribution in [0.5, 0.6) is 0 Å². The second-order valence-corrected chi connectivity index (χ2v) is 2.90. The van der Waals surface area contributed by atoms with Crippen molar-refractivity contribution in [2.24, 2.45) is 0 Å². The van der Waals surface area contributed by atoms with E-state index in [0.717, 1.165) is 30.9 Å². The lowest BCUT2D eigenvalue weighted by Gasteiger charge is -2.03. The Hall–Kier alpha value is -1.49. The number of rotatable bonds is 4. The Morgan fingerprint density at radius 1 is 1.54 bits per heavy atom. The molecule has 0 saturated heterocycles. The van der Waals surface area contributed by atoms with Crippen molar-refractivity contribution in [3.05, 3.63) is 23.9 Å². The first kappa shape index (κ1) is 9.60. The molecule has 2 heteroatoms. The van der Waals surface area contributed by atoms with Crippen molar-refractivity contribution >= 4 is 5.82 Å². The first-order chi connectivity index (χ1) is 6.33. The molecule has 0 bridgehead atoms. The molecule has 2 nitrogen and oxygen atoms in total. The molecule has 0 radical (unpaired) electrons. The number of aryl methyl sites for hydroxylation is 1. The third-order valence-corrected chi connectivity index (χ3v) is 1.69. The molecule has 0 aliphatic rings. The van der Waals surface area contributed by atoms with E-state index in [0.29, 0.717) is 0 Å². The maximum atomic E-state index is 5.14. The van der Waals surface area contributed by atoms with E-state index in [-0.39, 0.29) is 0 Å². The summed E-state index contributed by atoms with van der Waals surface area (Å²) < 4.78 is 0. The molecule has 0 amide bonds. The molecule has 1 N–H and O–H groups in total. The number of hydrogen-bond donors (Lipinski definition) is 1. The van der Waals surface area contributed by atoms with Crippen LogP contribution in [0, 0.1) is 19.3 Å². The van der Waals surface area contributed by atoms with E-state index in [1.165, 1.54) is 0 Å². The van der Waals surface area contributed by atoms with Gasteiger partial charge in [0.15, 0.2) is 0 Å².